The predicted molar refractivity (Wildman–Crippen MR) is 69.6 cm³/mol. The highest BCUT2D eigenvalue weighted by Crippen LogP contribution is 2.30. The van der Waals surface area contributed by atoms with Gasteiger partial charge >= 0.3 is 0 Å². The van der Waals surface area contributed by atoms with Crippen LogP contribution >= 0.6 is 11.3 Å². The Kier molecular flexibility index (Phi) is 4.04. The largest absolute Gasteiger partial charge is 0.330 e. The van der Waals surface area contributed by atoms with E-state index in [9.17, 15) is 8.78 Å². The molecular weight excluding hydrogens is 254 g/mol. The van der Waals surface area contributed by atoms with E-state index >= 15 is 0 Å². The molecule has 0 spiro atoms. The van der Waals surface area contributed by atoms with Crippen molar-refractivity contribution in [2.45, 2.75) is 19.8 Å². The summed E-state index contributed by atoms with van der Waals surface area (Å²) in [7, 11) is 0. The minimum absolute atomic E-state index is 0.224. The first kappa shape index (κ1) is 13.1. The molecule has 2 nitrogen and oxygen atoms in total. The van der Waals surface area contributed by atoms with E-state index in [1.165, 1.54) is 17.4 Å². The van der Waals surface area contributed by atoms with Crippen LogP contribution in [-0.2, 0) is 6.42 Å². The molecule has 18 heavy (non-hydrogen) atoms. The predicted octanol–water partition coefficient (Wildman–Crippen LogP) is 3.29. The number of rotatable bonds is 4. The molecule has 2 N–H and O–H groups in total. The standard InChI is InChI=1S/C13H14F2N2S/c1-8-12(3-2-6-16)18-13(17-8)10-7-9(14)4-5-11(10)15/h4-5,7H,2-3,6,16H2,1H3. The van der Waals surface area contributed by atoms with Crippen LogP contribution in [0.4, 0.5) is 8.78 Å². The van der Waals surface area contributed by atoms with E-state index in [0.29, 0.717) is 11.6 Å². The third-order valence-corrected chi connectivity index (χ3v) is 3.91. The maximum absolute atomic E-state index is 13.6. The normalized spacial score (nSPS) is 10.9. The fourth-order valence-corrected chi connectivity index (χ4v) is 2.82. The van der Waals surface area contributed by atoms with Crippen LogP contribution in [0.1, 0.15) is 17.0 Å². The summed E-state index contributed by atoms with van der Waals surface area (Å²) in [5.41, 5.74) is 6.55. The second-order valence-corrected chi connectivity index (χ2v) is 5.13. The summed E-state index contributed by atoms with van der Waals surface area (Å²) in [4.78, 5) is 5.39. The molecule has 0 atom stereocenters. The number of hydrogen-bond donors (Lipinski definition) is 1. The molecule has 0 radical (unpaired) electrons. The Morgan fingerprint density at radius 1 is 1.33 bits per heavy atom. The van der Waals surface area contributed by atoms with Gasteiger partial charge in [0.25, 0.3) is 0 Å². The van der Waals surface area contributed by atoms with Crippen molar-refractivity contribution >= 4 is 11.3 Å². The highest BCUT2D eigenvalue weighted by atomic mass is 32.1. The van der Waals surface area contributed by atoms with E-state index in [-0.39, 0.29) is 5.56 Å². The van der Waals surface area contributed by atoms with Crippen LogP contribution in [0.15, 0.2) is 18.2 Å². The Labute approximate surface area is 108 Å². The highest BCUT2D eigenvalue weighted by molar-refractivity contribution is 7.15. The van der Waals surface area contributed by atoms with Crippen molar-refractivity contribution in [1.82, 2.24) is 4.98 Å². The van der Waals surface area contributed by atoms with Gasteiger partial charge in [-0.2, -0.15) is 0 Å². The summed E-state index contributed by atoms with van der Waals surface area (Å²) < 4.78 is 26.8. The van der Waals surface area contributed by atoms with Gasteiger partial charge in [-0.25, -0.2) is 13.8 Å². The average molecular weight is 268 g/mol. The summed E-state index contributed by atoms with van der Waals surface area (Å²) >= 11 is 1.40. The highest BCUT2D eigenvalue weighted by Gasteiger charge is 2.13. The first-order valence-electron chi connectivity index (χ1n) is 5.73. The zero-order chi connectivity index (χ0) is 13.1. The monoisotopic (exact) mass is 268 g/mol. The first-order valence-corrected chi connectivity index (χ1v) is 6.55. The molecule has 0 saturated carbocycles. The topological polar surface area (TPSA) is 38.9 Å². The van der Waals surface area contributed by atoms with Gasteiger partial charge < -0.3 is 5.73 Å². The molecule has 0 aliphatic heterocycles. The second kappa shape index (κ2) is 5.54. The van der Waals surface area contributed by atoms with Gasteiger partial charge in [-0.15, -0.1) is 11.3 Å². The van der Waals surface area contributed by atoms with E-state index in [4.69, 9.17) is 5.73 Å². The van der Waals surface area contributed by atoms with Crippen LogP contribution < -0.4 is 5.73 Å². The molecule has 0 aliphatic rings. The van der Waals surface area contributed by atoms with Crippen molar-refractivity contribution in [2.75, 3.05) is 6.54 Å². The fraction of sp³-hybridized carbons (Fsp3) is 0.308. The first-order chi connectivity index (χ1) is 8.61. The molecule has 0 aliphatic carbocycles. The maximum atomic E-state index is 13.6. The quantitative estimate of drug-likeness (QED) is 0.924. The number of nitrogens with two attached hydrogens (primary N) is 1. The lowest BCUT2D eigenvalue weighted by atomic mass is 10.2. The Bertz CT molecular complexity index is 552. The fourth-order valence-electron chi connectivity index (χ4n) is 1.70. The van der Waals surface area contributed by atoms with E-state index in [1.807, 2.05) is 6.92 Å². The summed E-state index contributed by atoms with van der Waals surface area (Å²) in [5, 5.41) is 0.525. The van der Waals surface area contributed by atoms with Crippen molar-refractivity contribution in [3.05, 3.63) is 40.4 Å². The van der Waals surface area contributed by atoms with Gasteiger partial charge in [0.1, 0.15) is 16.6 Å². The minimum Gasteiger partial charge on any atom is -0.330 e. The van der Waals surface area contributed by atoms with Gasteiger partial charge in [-0.1, -0.05) is 0 Å². The molecule has 0 unspecified atom stereocenters. The van der Waals surface area contributed by atoms with Gasteiger partial charge in [-0.3, -0.25) is 0 Å². The Balaban J connectivity index is 2.36. The molecule has 2 aromatic rings. The Morgan fingerprint density at radius 3 is 2.83 bits per heavy atom. The number of benzene rings is 1. The molecule has 96 valence electrons. The molecule has 0 amide bonds. The summed E-state index contributed by atoms with van der Waals surface area (Å²) in [5.74, 6) is -0.904. The lowest BCUT2D eigenvalue weighted by Crippen LogP contribution is -1.99. The van der Waals surface area contributed by atoms with Crippen LogP contribution in [0, 0.1) is 18.6 Å². The van der Waals surface area contributed by atoms with E-state index < -0.39 is 11.6 Å². The molecule has 1 aromatic heterocycles. The van der Waals surface area contributed by atoms with E-state index in [2.05, 4.69) is 4.98 Å². The van der Waals surface area contributed by atoms with Crippen molar-refractivity contribution in [3.63, 3.8) is 0 Å². The molecule has 5 heteroatoms. The third-order valence-electron chi connectivity index (χ3n) is 2.66. The van der Waals surface area contributed by atoms with Crippen LogP contribution in [0.3, 0.4) is 0 Å². The second-order valence-electron chi connectivity index (χ2n) is 4.04. The number of aromatic nitrogens is 1. The van der Waals surface area contributed by atoms with Crippen LogP contribution in [-0.4, -0.2) is 11.5 Å². The van der Waals surface area contributed by atoms with Gasteiger partial charge in [0, 0.05) is 10.4 Å². The van der Waals surface area contributed by atoms with E-state index in [1.54, 1.807) is 0 Å². The van der Waals surface area contributed by atoms with Crippen LogP contribution in [0.5, 0.6) is 0 Å². The summed E-state index contributed by atoms with van der Waals surface area (Å²) in [6.07, 6.45) is 1.70. The van der Waals surface area contributed by atoms with Crippen molar-refractivity contribution in [1.29, 1.82) is 0 Å². The number of halogens is 2. The maximum Gasteiger partial charge on any atom is 0.133 e. The van der Waals surface area contributed by atoms with E-state index in [0.717, 1.165) is 35.5 Å². The minimum atomic E-state index is -0.456. The molecule has 0 fully saturated rings. The van der Waals surface area contributed by atoms with Crippen molar-refractivity contribution < 1.29 is 8.78 Å². The Morgan fingerprint density at radius 2 is 2.11 bits per heavy atom. The molecule has 1 heterocycles. The SMILES string of the molecule is Cc1nc(-c2cc(F)ccc2F)sc1CCCN. The number of hydrogen-bond acceptors (Lipinski definition) is 3. The van der Waals surface area contributed by atoms with Crippen molar-refractivity contribution in [3.8, 4) is 10.6 Å². The number of thiazole rings is 1. The summed E-state index contributed by atoms with van der Waals surface area (Å²) in [6.45, 7) is 2.49. The molecule has 2 rings (SSSR count). The molecule has 1 aromatic carbocycles. The lowest BCUT2D eigenvalue weighted by Gasteiger charge is -1.98. The van der Waals surface area contributed by atoms with Crippen LogP contribution in [0.25, 0.3) is 10.6 Å². The van der Waals surface area contributed by atoms with Gasteiger partial charge in [0.05, 0.1) is 5.69 Å². The summed E-state index contributed by atoms with van der Waals surface area (Å²) in [6, 6.07) is 3.41. The van der Waals surface area contributed by atoms with Crippen LogP contribution in [0.2, 0.25) is 0 Å². The zero-order valence-electron chi connectivity index (χ0n) is 10.0. The molecule has 0 saturated heterocycles. The van der Waals surface area contributed by atoms with Gasteiger partial charge in [0.2, 0.25) is 0 Å². The average Bonchev–Trinajstić information content (AvgIpc) is 2.71. The lowest BCUT2D eigenvalue weighted by molar-refractivity contribution is 0.603. The van der Waals surface area contributed by atoms with Gasteiger partial charge in [0.15, 0.2) is 0 Å². The smallest absolute Gasteiger partial charge is 0.133 e. The zero-order valence-corrected chi connectivity index (χ0v) is 10.9. The van der Waals surface area contributed by atoms with Gasteiger partial charge in [-0.05, 0) is 44.5 Å². The van der Waals surface area contributed by atoms with Crippen molar-refractivity contribution in [2.24, 2.45) is 5.73 Å². The molecule has 0 bridgehead atoms. The third kappa shape index (κ3) is 2.73. The molecular formula is C13H14F2N2S. The Hall–Kier alpha value is -1.33. The number of aryl methyl sites for hydroxylation is 2. The number of nitrogens with zero attached hydrogens (tertiary/aromatic N) is 1.